The van der Waals surface area contributed by atoms with E-state index in [2.05, 4.69) is 53.0 Å². The minimum atomic E-state index is -3.48. The first-order valence-corrected chi connectivity index (χ1v) is 15.0. The molecule has 9 heteroatoms. The van der Waals surface area contributed by atoms with Gasteiger partial charge in [0.2, 0.25) is 0 Å². The number of aromatic nitrogens is 3. The SMILES string of the molecule is CCN(CC)c1ccc(-c2cc(C3CCCN(c4ccccc4)C3S(C)(=O)=O)c3c(N)ncnc3n2)cc1. The first-order valence-electron chi connectivity index (χ1n) is 13.1. The fourth-order valence-corrected chi connectivity index (χ4v) is 7.26. The molecular weight excluding hydrogens is 496 g/mol. The van der Waals surface area contributed by atoms with E-state index in [-0.39, 0.29) is 5.92 Å². The fraction of sp³-hybridized carbons (Fsp3) is 0.345. The lowest BCUT2D eigenvalue weighted by Crippen LogP contribution is -2.48. The lowest BCUT2D eigenvalue weighted by atomic mass is 9.87. The summed E-state index contributed by atoms with van der Waals surface area (Å²) in [6.07, 6.45) is 4.28. The fourth-order valence-electron chi connectivity index (χ4n) is 5.69. The van der Waals surface area contributed by atoms with Crippen molar-refractivity contribution in [1.82, 2.24) is 15.0 Å². The van der Waals surface area contributed by atoms with Gasteiger partial charge in [-0.1, -0.05) is 30.3 Å². The van der Waals surface area contributed by atoms with Crippen LogP contribution in [0, 0.1) is 0 Å². The Bertz CT molecular complexity index is 1520. The van der Waals surface area contributed by atoms with Gasteiger partial charge in [0.05, 0.1) is 11.1 Å². The summed E-state index contributed by atoms with van der Waals surface area (Å²) in [6, 6.07) is 20.0. The third-order valence-electron chi connectivity index (χ3n) is 7.45. The normalized spacial score (nSPS) is 18.0. The highest BCUT2D eigenvalue weighted by atomic mass is 32.2. The zero-order valence-corrected chi connectivity index (χ0v) is 22.9. The third kappa shape index (κ3) is 4.90. The Morgan fingerprint density at radius 2 is 1.74 bits per heavy atom. The Morgan fingerprint density at radius 3 is 2.39 bits per heavy atom. The highest BCUT2D eigenvalue weighted by Gasteiger charge is 2.40. The van der Waals surface area contributed by atoms with Crippen molar-refractivity contribution in [3.05, 3.63) is 72.6 Å². The van der Waals surface area contributed by atoms with Gasteiger partial charge in [-0.2, -0.15) is 0 Å². The van der Waals surface area contributed by atoms with Crippen LogP contribution in [0.2, 0.25) is 0 Å². The van der Waals surface area contributed by atoms with Crippen LogP contribution in [0.25, 0.3) is 22.3 Å². The van der Waals surface area contributed by atoms with E-state index in [0.717, 1.165) is 47.7 Å². The standard InChI is InChI=1S/C29H34N6O2S/c1-4-34(5-2)21-15-13-20(14-16-21)25-18-24(26-27(30)31-19-32-28(26)33-25)23-12-9-17-35(29(23)38(3,36)37)22-10-7-6-8-11-22/h6-8,10-11,13-16,18-19,23,29H,4-5,9,12,17H2,1-3H3,(H2,30,31,32,33). The molecule has 2 atom stereocenters. The minimum Gasteiger partial charge on any atom is -0.383 e. The van der Waals surface area contributed by atoms with Gasteiger partial charge >= 0.3 is 0 Å². The molecule has 4 aromatic rings. The first-order chi connectivity index (χ1) is 18.3. The van der Waals surface area contributed by atoms with Gasteiger partial charge in [0.25, 0.3) is 0 Å². The van der Waals surface area contributed by atoms with Crippen molar-refractivity contribution in [2.24, 2.45) is 0 Å². The monoisotopic (exact) mass is 530 g/mol. The number of rotatable bonds is 7. The van der Waals surface area contributed by atoms with Crippen LogP contribution in [-0.2, 0) is 9.84 Å². The van der Waals surface area contributed by atoms with Crippen molar-refractivity contribution in [2.75, 3.05) is 41.4 Å². The highest BCUT2D eigenvalue weighted by molar-refractivity contribution is 7.91. The lowest BCUT2D eigenvalue weighted by molar-refractivity contribution is 0.461. The van der Waals surface area contributed by atoms with E-state index in [9.17, 15) is 8.42 Å². The van der Waals surface area contributed by atoms with Gasteiger partial charge < -0.3 is 15.5 Å². The zero-order valence-electron chi connectivity index (χ0n) is 22.1. The van der Waals surface area contributed by atoms with Crippen molar-refractivity contribution in [1.29, 1.82) is 0 Å². The van der Waals surface area contributed by atoms with E-state index in [1.807, 2.05) is 41.3 Å². The molecule has 198 valence electrons. The van der Waals surface area contributed by atoms with Gasteiger partial charge in [-0.3, -0.25) is 0 Å². The molecule has 0 radical (unpaired) electrons. The molecule has 1 aliphatic heterocycles. The molecule has 38 heavy (non-hydrogen) atoms. The van der Waals surface area contributed by atoms with Crippen molar-refractivity contribution in [3.63, 3.8) is 0 Å². The maximum Gasteiger partial charge on any atom is 0.169 e. The third-order valence-corrected chi connectivity index (χ3v) is 8.91. The van der Waals surface area contributed by atoms with E-state index >= 15 is 0 Å². The predicted octanol–water partition coefficient (Wildman–Crippen LogP) is 4.87. The molecule has 2 aromatic heterocycles. The maximum absolute atomic E-state index is 13.4. The van der Waals surface area contributed by atoms with Gasteiger partial charge in [-0.25, -0.2) is 23.4 Å². The van der Waals surface area contributed by atoms with Crippen molar-refractivity contribution in [2.45, 2.75) is 38.0 Å². The van der Waals surface area contributed by atoms with Gasteiger partial charge in [0.1, 0.15) is 17.5 Å². The number of hydrogen-bond donors (Lipinski definition) is 1. The number of para-hydroxylation sites is 1. The summed E-state index contributed by atoms with van der Waals surface area (Å²) in [5.74, 6) is -0.0172. The molecule has 1 saturated heterocycles. The van der Waals surface area contributed by atoms with E-state index in [0.29, 0.717) is 29.8 Å². The van der Waals surface area contributed by atoms with Crippen LogP contribution in [-0.4, -0.2) is 54.6 Å². The molecule has 2 unspecified atom stereocenters. The molecule has 0 aliphatic carbocycles. The molecule has 5 rings (SSSR count). The predicted molar refractivity (Wildman–Crippen MR) is 155 cm³/mol. The van der Waals surface area contributed by atoms with E-state index in [4.69, 9.17) is 10.7 Å². The molecule has 8 nitrogen and oxygen atoms in total. The van der Waals surface area contributed by atoms with Crippen LogP contribution < -0.4 is 15.5 Å². The van der Waals surface area contributed by atoms with E-state index in [1.165, 1.54) is 12.6 Å². The number of sulfone groups is 1. The van der Waals surface area contributed by atoms with Crippen LogP contribution in [0.15, 0.2) is 67.0 Å². The van der Waals surface area contributed by atoms with E-state index < -0.39 is 15.2 Å². The van der Waals surface area contributed by atoms with Gasteiger partial charge in [-0.05, 0) is 62.6 Å². The summed E-state index contributed by atoms with van der Waals surface area (Å²) in [5, 5.41) is -0.119. The summed E-state index contributed by atoms with van der Waals surface area (Å²) in [7, 11) is -3.48. The molecule has 0 bridgehead atoms. The van der Waals surface area contributed by atoms with Gasteiger partial charge in [-0.15, -0.1) is 0 Å². The summed E-state index contributed by atoms with van der Waals surface area (Å²) in [4.78, 5) is 17.8. The van der Waals surface area contributed by atoms with Crippen molar-refractivity contribution in [3.8, 4) is 11.3 Å². The average Bonchev–Trinajstić information content (AvgIpc) is 2.93. The smallest absolute Gasteiger partial charge is 0.169 e. The van der Waals surface area contributed by atoms with Crippen LogP contribution in [0.3, 0.4) is 0 Å². The molecular formula is C29H34N6O2S. The quantitative estimate of drug-likeness (QED) is 0.361. The molecule has 0 amide bonds. The van der Waals surface area contributed by atoms with Crippen LogP contribution >= 0.6 is 0 Å². The Balaban J connectivity index is 1.67. The Labute approximate surface area is 224 Å². The number of nitrogen functional groups attached to an aromatic ring is 1. The first kappa shape index (κ1) is 25.9. The number of nitrogens with zero attached hydrogens (tertiary/aromatic N) is 5. The second kappa shape index (κ2) is 10.6. The topological polar surface area (TPSA) is 105 Å². The van der Waals surface area contributed by atoms with Crippen molar-refractivity contribution < 1.29 is 8.42 Å². The highest BCUT2D eigenvalue weighted by Crippen LogP contribution is 2.42. The Hall–Kier alpha value is -3.72. The maximum atomic E-state index is 13.4. The molecule has 1 aliphatic rings. The Kier molecular flexibility index (Phi) is 7.21. The lowest BCUT2D eigenvalue weighted by Gasteiger charge is -2.42. The van der Waals surface area contributed by atoms with Crippen LogP contribution in [0.1, 0.15) is 38.2 Å². The zero-order chi connectivity index (χ0) is 26.9. The molecule has 0 spiro atoms. The summed E-state index contributed by atoms with van der Waals surface area (Å²) < 4.78 is 26.7. The number of benzene rings is 2. The molecule has 3 heterocycles. The molecule has 0 saturated carbocycles. The number of piperidine rings is 1. The largest absolute Gasteiger partial charge is 0.383 e. The number of pyridine rings is 1. The van der Waals surface area contributed by atoms with E-state index in [1.54, 1.807) is 0 Å². The number of nitrogens with two attached hydrogens (primary N) is 1. The van der Waals surface area contributed by atoms with Crippen LogP contribution in [0.4, 0.5) is 17.2 Å². The second-order valence-corrected chi connectivity index (χ2v) is 11.9. The number of hydrogen-bond acceptors (Lipinski definition) is 8. The Morgan fingerprint density at radius 1 is 1.03 bits per heavy atom. The number of fused-ring (bicyclic) bond motifs is 1. The number of anilines is 3. The minimum absolute atomic E-state index is 0.310. The average molecular weight is 531 g/mol. The molecule has 2 N–H and O–H groups in total. The van der Waals surface area contributed by atoms with Gasteiger partial charge in [0, 0.05) is 48.7 Å². The summed E-state index contributed by atoms with van der Waals surface area (Å²) in [5.41, 5.74) is 11.4. The second-order valence-electron chi connectivity index (χ2n) is 9.77. The molecule has 2 aromatic carbocycles. The van der Waals surface area contributed by atoms with Gasteiger partial charge in [0.15, 0.2) is 15.5 Å². The van der Waals surface area contributed by atoms with Crippen molar-refractivity contribution >= 4 is 38.1 Å². The summed E-state index contributed by atoms with van der Waals surface area (Å²) >= 11 is 0. The van der Waals surface area contributed by atoms with Crippen LogP contribution in [0.5, 0.6) is 0 Å². The molecule has 1 fully saturated rings. The summed E-state index contributed by atoms with van der Waals surface area (Å²) in [6.45, 7) is 6.79.